The van der Waals surface area contributed by atoms with Crippen molar-refractivity contribution in [3.8, 4) is 0 Å². The Labute approximate surface area is 178 Å². The molecule has 3 nitrogen and oxygen atoms in total. The number of halogens is 3. The van der Waals surface area contributed by atoms with E-state index in [-0.39, 0.29) is 12.1 Å². The van der Waals surface area contributed by atoms with Crippen molar-refractivity contribution < 1.29 is 18.0 Å². The van der Waals surface area contributed by atoms with Crippen LogP contribution in [-0.2, 0) is 13.0 Å². The number of fused-ring (bicyclic) bond motifs is 3. The number of aromatic nitrogens is 1. The molecule has 6 heteroatoms. The molecule has 4 aromatic rings. The molecule has 3 aromatic carbocycles. The molecule has 0 saturated heterocycles. The molecule has 0 fully saturated rings. The van der Waals surface area contributed by atoms with Gasteiger partial charge in [-0.05, 0) is 48.7 Å². The van der Waals surface area contributed by atoms with Crippen molar-refractivity contribution in [2.75, 3.05) is 0 Å². The second kappa shape index (κ2) is 8.46. The van der Waals surface area contributed by atoms with E-state index in [2.05, 4.69) is 13.0 Å². The van der Waals surface area contributed by atoms with E-state index in [9.17, 15) is 18.0 Å². The van der Waals surface area contributed by atoms with Gasteiger partial charge < -0.3 is 10.3 Å². The number of nitrogens with zero attached hydrogens (tertiary/aromatic N) is 1. The van der Waals surface area contributed by atoms with Crippen molar-refractivity contribution in [1.82, 2.24) is 4.57 Å². The van der Waals surface area contributed by atoms with Crippen molar-refractivity contribution in [3.05, 3.63) is 82.7 Å². The molecule has 1 radical (unpaired) electrons. The van der Waals surface area contributed by atoms with Crippen LogP contribution in [0.5, 0.6) is 0 Å². The standard InChI is InChI=1S/C25H22F3N2O/c1-2-3-4-6-15-9-10-17-23(11-15)30(14-16-12-20(27)21(28)13-19(16)26)22-8-5-7-18(24(17)22)25(29)31/h5,7-9,11-13H,2-4,6,14H2,1H3,(H2,29,31). The third kappa shape index (κ3) is 3.90. The van der Waals surface area contributed by atoms with Gasteiger partial charge in [-0.25, -0.2) is 13.2 Å². The van der Waals surface area contributed by atoms with Crippen LogP contribution in [0.2, 0.25) is 0 Å². The summed E-state index contributed by atoms with van der Waals surface area (Å²) in [5, 5.41) is 1.31. The SMILES string of the molecule is CCCCCc1c[c]c2c3c(C(N)=O)cccc3n(Cc3cc(F)c(F)cc3F)c2c1. The van der Waals surface area contributed by atoms with Gasteiger partial charge in [0.2, 0.25) is 5.91 Å². The third-order valence-corrected chi connectivity index (χ3v) is 5.61. The molecular formula is C25H22F3N2O. The molecule has 2 N–H and O–H groups in total. The molecular weight excluding hydrogens is 401 g/mol. The van der Waals surface area contributed by atoms with E-state index in [4.69, 9.17) is 5.73 Å². The lowest BCUT2D eigenvalue weighted by Crippen LogP contribution is -2.11. The number of amides is 1. The Hall–Kier alpha value is -3.28. The van der Waals surface area contributed by atoms with Gasteiger partial charge >= 0.3 is 0 Å². The number of benzene rings is 3. The molecule has 0 spiro atoms. The zero-order chi connectivity index (χ0) is 22.1. The Balaban J connectivity index is 1.94. The summed E-state index contributed by atoms with van der Waals surface area (Å²) in [4.78, 5) is 12.1. The lowest BCUT2D eigenvalue weighted by molar-refractivity contribution is 0.100. The maximum Gasteiger partial charge on any atom is 0.249 e. The Morgan fingerprint density at radius 1 is 1.03 bits per heavy atom. The number of aryl methyl sites for hydroxylation is 1. The van der Waals surface area contributed by atoms with E-state index in [1.807, 2.05) is 12.1 Å². The minimum atomic E-state index is -1.23. The van der Waals surface area contributed by atoms with Crippen LogP contribution in [0.3, 0.4) is 0 Å². The Morgan fingerprint density at radius 3 is 2.55 bits per heavy atom. The summed E-state index contributed by atoms with van der Waals surface area (Å²) in [7, 11) is 0. The van der Waals surface area contributed by atoms with Crippen LogP contribution < -0.4 is 5.73 Å². The fourth-order valence-corrected chi connectivity index (χ4v) is 4.05. The predicted molar refractivity (Wildman–Crippen MR) is 115 cm³/mol. The first-order chi connectivity index (χ1) is 14.9. The van der Waals surface area contributed by atoms with Crippen LogP contribution in [-0.4, -0.2) is 10.5 Å². The van der Waals surface area contributed by atoms with Gasteiger partial charge in [0.15, 0.2) is 11.6 Å². The minimum absolute atomic E-state index is 0.0126. The quantitative estimate of drug-likeness (QED) is 0.292. The van der Waals surface area contributed by atoms with E-state index >= 15 is 0 Å². The predicted octanol–water partition coefficient (Wildman–Crippen LogP) is 5.89. The van der Waals surface area contributed by atoms with E-state index in [0.29, 0.717) is 27.9 Å². The molecule has 0 bridgehead atoms. The first-order valence-corrected chi connectivity index (χ1v) is 10.3. The minimum Gasteiger partial charge on any atom is -0.366 e. The number of unbranched alkanes of at least 4 members (excludes halogenated alkanes) is 2. The summed E-state index contributed by atoms with van der Waals surface area (Å²) in [6.45, 7) is 2.10. The Morgan fingerprint density at radius 2 is 1.81 bits per heavy atom. The normalized spacial score (nSPS) is 11.5. The molecule has 0 aliphatic heterocycles. The maximum absolute atomic E-state index is 14.4. The van der Waals surface area contributed by atoms with Crippen LogP contribution in [0.1, 0.15) is 47.7 Å². The number of carbonyl (C=O) groups is 1. The van der Waals surface area contributed by atoms with E-state index in [1.165, 1.54) is 0 Å². The molecule has 0 aliphatic rings. The van der Waals surface area contributed by atoms with Gasteiger partial charge in [-0.2, -0.15) is 0 Å². The second-order valence-corrected chi connectivity index (χ2v) is 7.73. The lowest BCUT2D eigenvalue weighted by Gasteiger charge is -2.10. The molecule has 4 rings (SSSR count). The maximum atomic E-state index is 14.4. The zero-order valence-corrected chi connectivity index (χ0v) is 17.1. The number of nitrogens with two attached hydrogens (primary N) is 1. The first kappa shape index (κ1) is 21.0. The zero-order valence-electron chi connectivity index (χ0n) is 17.1. The summed E-state index contributed by atoms with van der Waals surface area (Å²) in [5.74, 6) is -3.75. The lowest BCUT2D eigenvalue weighted by atomic mass is 10.0. The number of rotatable bonds is 7. The first-order valence-electron chi connectivity index (χ1n) is 10.3. The number of carbonyl (C=O) groups excluding carboxylic acids is 1. The largest absolute Gasteiger partial charge is 0.366 e. The van der Waals surface area contributed by atoms with E-state index < -0.39 is 23.4 Å². The summed E-state index contributed by atoms with van der Waals surface area (Å²) in [5.41, 5.74) is 8.39. The molecule has 0 atom stereocenters. The Kier molecular flexibility index (Phi) is 5.72. The highest BCUT2D eigenvalue weighted by atomic mass is 19.2. The third-order valence-electron chi connectivity index (χ3n) is 5.61. The van der Waals surface area contributed by atoms with Gasteiger partial charge in [0.05, 0.1) is 17.6 Å². The molecule has 0 saturated carbocycles. The summed E-state index contributed by atoms with van der Waals surface area (Å²) < 4.78 is 43.4. The van der Waals surface area contributed by atoms with Crippen molar-refractivity contribution in [2.24, 2.45) is 5.73 Å². The Bertz CT molecular complexity index is 1290. The summed E-state index contributed by atoms with van der Waals surface area (Å²) >= 11 is 0. The van der Waals surface area contributed by atoms with Gasteiger partial charge in [-0.3, -0.25) is 4.79 Å². The van der Waals surface area contributed by atoms with Crippen molar-refractivity contribution in [3.63, 3.8) is 0 Å². The second-order valence-electron chi connectivity index (χ2n) is 7.73. The van der Waals surface area contributed by atoms with Crippen LogP contribution in [0, 0.1) is 23.5 Å². The van der Waals surface area contributed by atoms with Gasteiger partial charge in [0.1, 0.15) is 5.82 Å². The van der Waals surface area contributed by atoms with Crippen molar-refractivity contribution >= 4 is 27.7 Å². The molecule has 159 valence electrons. The van der Waals surface area contributed by atoms with Gasteiger partial charge in [0.25, 0.3) is 0 Å². The van der Waals surface area contributed by atoms with Crippen LogP contribution in [0.25, 0.3) is 21.8 Å². The van der Waals surface area contributed by atoms with Crippen LogP contribution in [0.4, 0.5) is 13.2 Å². The topological polar surface area (TPSA) is 48.0 Å². The highest BCUT2D eigenvalue weighted by molar-refractivity contribution is 6.17. The molecule has 1 aromatic heterocycles. The van der Waals surface area contributed by atoms with Gasteiger partial charge in [0, 0.05) is 28.0 Å². The molecule has 1 heterocycles. The molecule has 31 heavy (non-hydrogen) atoms. The average molecular weight is 423 g/mol. The summed E-state index contributed by atoms with van der Waals surface area (Å²) in [6.07, 6.45) is 4.10. The van der Waals surface area contributed by atoms with Gasteiger partial charge in [-0.15, -0.1) is 0 Å². The van der Waals surface area contributed by atoms with E-state index in [1.54, 1.807) is 22.8 Å². The molecule has 0 aliphatic carbocycles. The fraction of sp³-hybridized carbons (Fsp3) is 0.240. The molecule has 1 amide bonds. The highest BCUT2D eigenvalue weighted by Gasteiger charge is 2.19. The fourth-order valence-electron chi connectivity index (χ4n) is 4.05. The van der Waals surface area contributed by atoms with E-state index in [0.717, 1.165) is 42.8 Å². The van der Waals surface area contributed by atoms with Crippen LogP contribution in [0.15, 0.2) is 42.5 Å². The molecule has 0 unspecified atom stereocenters. The number of hydrogen-bond acceptors (Lipinski definition) is 1. The smallest absolute Gasteiger partial charge is 0.249 e. The van der Waals surface area contributed by atoms with Crippen LogP contribution >= 0.6 is 0 Å². The van der Waals surface area contributed by atoms with Crippen molar-refractivity contribution in [1.29, 1.82) is 0 Å². The number of primary amides is 1. The summed E-state index contributed by atoms with van der Waals surface area (Å²) in [6, 6.07) is 13.7. The monoisotopic (exact) mass is 423 g/mol. The number of hydrogen-bond donors (Lipinski definition) is 1. The van der Waals surface area contributed by atoms with Gasteiger partial charge in [-0.1, -0.05) is 31.9 Å². The average Bonchev–Trinajstić information content (AvgIpc) is 3.05. The van der Waals surface area contributed by atoms with Crippen molar-refractivity contribution in [2.45, 2.75) is 39.2 Å². The highest BCUT2D eigenvalue weighted by Crippen LogP contribution is 2.33.